The summed E-state index contributed by atoms with van der Waals surface area (Å²) in [7, 11) is 1.58. The van der Waals surface area contributed by atoms with E-state index in [1.54, 1.807) is 19.2 Å². The first-order valence-corrected chi connectivity index (χ1v) is 12.3. The Bertz CT molecular complexity index is 1150. The lowest BCUT2D eigenvalue weighted by Gasteiger charge is -2.15. The molecule has 1 saturated heterocycles. The summed E-state index contributed by atoms with van der Waals surface area (Å²) in [6.45, 7) is 0.651. The van der Waals surface area contributed by atoms with E-state index in [4.69, 9.17) is 21.1 Å². The Balaban J connectivity index is 1.40. The second-order valence-corrected chi connectivity index (χ2v) is 10.0. The Morgan fingerprint density at radius 3 is 2.30 bits per heavy atom. The van der Waals surface area contributed by atoms with Gasteiger partial charge in [-0.25, -0.2) is 0 Å². The second-order valence-electron chi connectivity index (χ2n) is 7.53. The highest BCUT2D eigenvalue weighted by Gasteiger charge is 2.39. The van der Waals surface area contributed by atoms with Crippen LogP contribution in [0, 0.1) is 0 Å². The van der Waals surface area contributed by atoms with Crippen molar-refractivity contribution >= 4 is 50.4 Å². The molecule has 33 heavy (non-hydrogen) atoms. The Hall–Kier alpha value is -2.48. The Morgan fingerprint density at radius 2 is 1.61 bits per heavy atom. The van der Waals surface area contributed by atoms with Crippen LogP contribution in [0.4, 0.5) is 4.79 Å². The normalized spacial score (nSPS) is 15.7. The van der Waals surface area contributed by atoms with E-state index in [-0.39, 0.29) is 17.7 Å². The van der Waals surface area contributed by atoms with Crippen LogP contribution in [0.25, 0.3) is 0 Å². The largest absolute Gasteiger partial charge is 0.493 e. The standard InChI is InChI=1S/C25H21BrClNO4S/c1-31-22-12-18(6-11-21(22)32-15-17-2-7-19(26)8-3-17)13-23-24(29)28(25(30)33-23)14-16-4-9-20(27)10-5-16/h2-12,23H,13-15H2,1H3/t23-/m0/s1. The maximum atomic E-state index is 12.9. The number of amides is 2. The van der Waals surface area contributed by atoms with Crippen molar-refractivity contribution in [1.82, 2.24) is 4.90 Å². The van der Waals surface area contributed by atoms with Crippen LogP contribution in [-0.4, -0.2) is 28.4 Å². The summed E-state index contributed by atoms with van der Waals surface area (Å²) in [5.74, 6) is 1.02. The smallest absolute Gasteiger partial charge is 0.289 e. The molecule has 0 saturated carbocycles. The maximum absolute atomic E-state index is 12.9. The molecule has 0 aliphatic carbocycles. The van der Waals surface area contributed by atoms with Crippen molar-refractivity contribution in [3.8, 4) is 11.5 Å². The molecule has 1 heterocycles. The molecular weight excluding hydrogens is 526 g/mol. The third-order valence-electron chi connectivity index (χ3n) is 5.22. The number of rotatable bonds is 8. The van der Waals surface area contributed by atoms with Gasteiger partial charge in [-0.1, -0.05) is 69.6 Å². The van der Waals surface area contributed by atoms with Gasteiger partial charge in [-0.2, -0.15) is 0 Å². The van der Waals surface area contributed by atoms with Crippen molar-refractivity contribution in [3.05, 3.63) is 92.9 Å². The van der Waals surface area contributed by atoms with Crippen molar-refractivity contribution in [1.29, 1.82) is 0 Å². The van der Waals surface area contributed by atoms with E-state index in [1.807, 2.05) is 54.6 Å². The van der Waals surface area contributed by atoms with Gasteiger partial charge in [0.1, 0.15) is 6.61 Å². The average Bonchev–Trinajstić information content (AvgIpc) is 3.07. The van der Waals surface area contributed by atoms with Crippen LogP contribution < -0.4 is 9.47 Å². The van der Waals surface area contributed by atoms with Crippen LogP contribution in [0.5, 0.6) is 11.5 Å². The summed E-state index contributed by atoms with van der Waals surface area (Å²) in [5, 5.41) is -0.0892. The number of hydrogen-bond donors (Lipinski definition) is 0. The molecule has 0 unspecified atom stereocenters. The van der Waals surface area contributed by atoms with Crippen LogP contribution in [-0.2, 0) is 24.4 Å². The lowest BCUT2D eigenvalue weighted by atomic mass is 10.1. The van der Waals surface area contributed by atoms with Gasteiger partial charge < -0.3 is 9.47 Å². The Kier molecular flexibility index (Phi) is 7.63. The van der Waals surface area contributed by atoms with E-state index in [9.17, 15) is 9.59 Å². The van der Waals surface area contributed by atoms with Crippen molar-refractivity contribution < 1.29 is 19.1 Å². The molecule has 1 atom stereocenters. The minimum Gasteiger partial charge on any atom is -0.493 e. The summed E-state index contributed by atoms with van der Waals surface area (Å²) in [6, 6.07) is 20.6. The Morgan fingerprint density at radius 1 is 0.939 bits per heavy atom. The number of ether oxygens (including phenoxy) is 2. The SMILES string of the molecule is COc1cc(C[C@@H]2SC(=O)N(Cc3ccc(Cl)cc3)C2=O)ccc1OCc1ccc(Br)cc1. The highest BCUT2D eigenvalue weighted by atomic mass is 79.9. The third kappa shape index (κ3) is 5.91. The summed E-state index contributed by atoms with van der Waals surface area (Å²) >= 11 is 10.4. The van der Waals surface area contributed by atoms with Crippen LogP contribution in [0.15, 0.2) is 71.2 Å². The van der Waals surface area contributed by atoms with Gasteiger partial charge in [0.25, 0.3) is 5.24 Å². The molecule has 2 amide bonds. The van der Waals surface area contributed by atoms with E-state index in [0.29, 0.717) is 29.5 Å². The van der Waals surface area contributed by atoms with Crippen molar-refractivity contribution in [2.45, 2.75) is 24.8 Å². The molecule has 3 aromatic carbocycles. The molecule has 0 bridgehead atoms. The molecule has 0 N–H and O–H groups in total. The van der Waals surface area contributed by atoms with Gasteiger partial charge in [0.15, 0.2) is 11.5 Å². The minimum absolute atomic E-state index is 0.186. The fraction of sp³-hybridized carbons (Fsp3) is 0.200. The number of carbonyl (C=O) groups excluding carboxylic acids is 2. The number of methoxy groups -OCH3 is 1. The highest BCUT2D eigenvalue weighted by Crippen LogP contribution is 2.34. The number of benzene rings is 3. The maximum Gasteiger partial charge on any atom is 0.289 e. The molecule has 4 rings (SSSR count). The van der Waals surface area contributed by atoms with Crippen molar-refractivity contribution in [2.75, 3.05) is 7.11 Å². The van der Waals surface area contributed by atoms with Gasteiger partial charge in [0, 0.05) is 9.50 Å². The van der Waals surface area contributed by atoms with Crippen LogP contribution in [0.1, 0.15) is 16.7 Å². The fourth-order valence-corrected chi connectivity index (χ4v) is 4.88. The van der Waals surface area contributed by atoms with Gasteiger partial charge in [0.2, 0.25) is 5.91 Å². The molecule has 170 valence electrons. The highest BCUT2D eigenvalue weighted by molar-refractivity contribution is 9.10. The van der Waals surface area contributed by atoms with Gasteiger partial charge in [-0.05, 0) is 59.5 Å². The van der Waals surface area contributed by atoms with Gasteiger partial charge >= 0.3 is 0 Å². The van der Waals surface area contributed by atoms with Gasteiger partial charge in [-0.15, -0.1) is 0 Å². The monoisotopic (exact) mass is 545 g/mol. The van der Waals surface area contributed by atoms with Gasteiger partial charge in [-0.3, -0.25) is 14.5 Å². The molecule has 1 aliphatic rings. The summed E-state index contributed by atoms with van der Waals surface area (Å²) in [5.41, 5.74) is 2.79. The van der Waals surface area contributed by atoms with Gasteiger partial charge in [0.05, 0.1) is 18.9 Å². The molecular formula is C25H21BrClNO4S. The quantitative estimate of drug-likeness (QED) is 0.323. The fourth-order valence-electron chi connectivity index (χ4n) is 3.46. The number of carbonyl (C=O) groups is 2. The topological polar surface area (TPSA) is 55.8 Å². The number of hydrogen-bond acceptors (Lipinski definition) is 5. The number of nitrogens with zero attached hydrogens (tertiary/aromatic N) is 1. The number of thioether (sulfide) groups is 1. The Labute approximate surface area is 210 Å². The molecule has 0 spiro atoms. The van der Waals surface area contributed by atoms with Crippen molar-refractivity contribution in [3.63, 3.8) is 0 Å². The summed E-state index contributed by atoms with van der Waals surface area (Å²) in [4.78, 5) is 26.7. The number of halogens is 2. The summed E-state index contributed by atoms with van der Waals surface area (Å²) < 4.78 is 12.4. The zero-order chi connectivity index (χ0) is 23.4. The van der Waals surface area contributed by atoms with E-state index in [1.165, 1.54) is 4.90 Å². The predicted molar refractivity (Wildman–Crippen MR) is 134 cm³/mol. The molecule has 5 nitrogen and oxygen atoms in total. The summed E-state index contributed by atoms with van der Waals surface area (Å²) in [6.07, 6.45) is 0.426. The lowest BCUT2D eigenvalue weighted by Crippen LogP contribution is -2.31. The molecule has 1 fully saturated rings. The zero-order valence-electron chi connectivity index (χ0n) is 17.8. The van der Waals surface area contributed by atoms with E-state index < -0.39 is 5.25 Å². The second kappa shape index (κ2) is 10.6. The first-order chi connectivity index (χ1) is 15.9. The van der Waals surface area contributed by atoms with Crippen LogP contribution >= 0.6 is 39.3 Å². The molecule has 0 aromatic heterocycles. The van der Waals surface area contributed by atoms with E-state index in [0.717, 1.165) is 32.9 Å². The van der Waals surface area contributed by atoms with Crippen LogP contribution in [0.3, 0.4) is 0 Å². The number of imide groups is 1. The first kappa shape index (κ1) is 23.7. The van der Waals surface area contributed by atoms with E-state index in [2.05, 4.69) is 15.9 Å². The molecule has 8 heteroatoms. The van der Waals surface area contributed by atoms with E-state index >= 15 is 0 Å². The van der Waals surface area contributed by atoms with Crippen molar-refractivity contribution in [2.24, 2.45) is 0 Å². The zero-order valence-corrected chi connectivity index (χ0v) is 21.0. The van der Waals surface area contributed by atoms with Crippen LogP contribution in [0.2, 0.25) is 5.02 Å². The molecule has 3 aromatic rings. The first-order valence-electron chi connectivity index (χ1n) is 10.2. The average molecular weight is 547 g/mol. The molecule has 1 aliphatic heterocycles. The predicted octanol–water partition coefficient (Wildman–Crippen LogP) is 6.50. The minimum atomic E-state index is -0.468. The lowest BCUT2D eigenvalue weighted by molar-refractivity contribution is -0.127. The third-order valence-corrected chi connectivity index (χ3v) is 7.07. The molecule has 0 radical (unpaired) electrons.